The van der Waals surface area contributed by atoms with Crippen molar-refractivity contribution >= 4 is 0 Å². The van der Waals surface area contributed by atoms with Crippen LogP contribution in [0.15, 0.2) is 25.0 Å². The van der Waals surface area contributed by atoms with Crippen molar-refractivity contribution in [3.8, 4) is 0 Å². The molecule has 108 valence electrons. The predicted octanol–water partition coefficient (Wildman–Crippen LogP) is 1.41. The van der Waals surface area contributed by atoms with E-state index in [0.29, 0.717) is 5.92 Å². The van der Waals surface area contributed by atoms with Crippen LogP contribution in [0, 0.1) is 5.92 Å². The molecule has 1 fully saturated rings. The van der Waals surface area contributed by atoms with Crippen LogP contribution in [0.25, 0.3) is 0 Å². The topological polar surface area (TPSA) is 51.8 Å². The van der Waals surface area contributed by atoms with Gasteiger partial charge in [0.1, 0.15) is 18.5 Å². The molecule has 0 spiro atoms. The Kier molecular flexibility index (Phi) is 4.11. The molecule has 20 heavy (non-hydrogen) atoms. The highest BCUT2D eigenvalue weighted by Gasteiger charge is 2.21. The second-order valence-electron chi connectivity index (χ2n) is 5.49. The summed E-state index contributed by atoms with van der Waals surface area (Å²) in [6, 6.07) is 0. The molecule has 3 rings (SSSR count). The van der Waals surface area contributed by atoms with Crippen LogP contribution >= 0.6 is 0 Å². The van der Waals surface area contributed by atoms with Crippen LogP contribution in [0.3, 0.4) is 0 Å². The quantitative estimate of drug-likeness (QED) is 0.827. The number of rotatable bonds is 5. The van der Waals surface area contributed by atoms with Crippen molar-refractivity contribution in [2.24, 2.45) is 5.92 Å². The van der Waals surface area contributed by atoms with Gasteiger partial charge in [0, 0.05) is 32.0 Å². The van der Waals surface area contributed by atoms with Crippen molar-refractivity contribution in [2.75, 3.05) is 13.1 Å². The van der Waals surface area contributed by atoms with Gasteiger partial charge in [0.05, 0.1) is 6.54 Å². The van der Waals surface area contributed by atoms with Gasteiger partial charge in [0.25, 0.3) is 0 Å². The fraction of sp³-hybridized carbons (Fsp3) is 0.643. The summed E-state index contributed by atoms with van der Waals surface area (Å²) in [4.78, 5) is 11.0. The zero-order chi connectivity index (χ0) is 13.8. The third kappa shape index (κ3) is 3.07. The molecule has 2 aromatic rings. The molecule has 0 saturated carbocycles. The standard InChI is InChI=1S/C14H22N6/c1-2-19-7-5-16-14(19)10-18-6-3-4-13(8-18)9-20-12-15-11-17-20/h5,7,11-13H,2-4,6,8-10H2,1H3. The number of hydrogen-bond acceptors (Lipinski definition) is 4. The summed E-state index contributed by atoms with van der Waals surface area (Å²) in [5, 5.41) is 4.21. The Morgan fingerprint density at radius 2 is 2.35 bits per heavy atom. The lowest BCUT2D eigenvalue weighted by Crippen LogP contribution is -2.37. The van der Waals surface area contributed by atoms with E-state index < -0.39 is 0 Å². The Balaban J connectivity index is 1.58. The normalized spacial score (nSPS) is 20.4. The van der Waals surface area contributed by atoms with Gasteiger partial charge in [-0.3, -0.25) is 9.58 Å². The first-order valence-electron chi connectivity index (χ1n) is 7.40. The van der Waals surface area contributed by atoms with Crippen LogP contribution in [0.4, 0.5) is 0 Å². The van der Waals surface area contributed by atoms with E-state index in [0.717, 1.165) is 26.2 Å². The second-order valence-corrected chi connectivity index (χ2v) is 5.49. The average molecular weight is 274 g/mol. The molecule has 3 heterocycles. The largest absolute Gasteiger partial charge is 0.334 e. The molecule has 6 nitrogen and oxygen atoms in total. The monoisotopic (exact) mass is 274 g/mol. The molecule has 0 amide bonds. The molecular weight excluding hydrogens is 252 g/mol. The highest BCUT2D eigenvalue weighted by Crippen LogP contribution is 2.19. The molecule has 6 heteroatoms. The Bertz CT molecular complexity index is 518. The van der Waals surface area contributed by atoms with Gasteiger partial charge in [0.2, 0.25) is 0 Å². The first-order chi connectivity index (χ1) is 9.85. The molecule has 0 aromatic carbocycles. The number of aryl methyl sites for hydroxylation is 1. The van der Waals surface area contributed by atoms with Crippen molar-refractivity contribution < 1.29 is 0 Å². The molecule has 0 aliphatic carbocycles. The van der Waals surface area contributed by atoms with Crippen molar-refractivity contribution in [3.05, 3.63) is 30.9 Å². The van der Waals surface area contributed by atoms with Crippen LogP contribution < -0.4 is 0 Å². The summed E-state index contributed by atoms with van der Waals surface area (Å²) < 4.78 is 4.17. The summed E-state index contributed by atoms with van der Waals surface area (Å²) >= 11 is 0. The maximum Gasteiger partial charge on any atom is 0.137 e. The van der Waals surface area contributed by atoms with Gasteiger partial charge in [-0.1, -0.05) is 0 Å². The van der Waals surface area contributed by atoms with Crippen LogP contribution in [0.1, 0.15) is 25.6 Å². The zero-order valence-corrected chi connectivity index (χ0v) is 12.0. The Labute approximate surface area is 119 Å². The van der Waals surface area contributed by atoms with E-state index >= 15 is 0 Å². The van der Waals surface area contributed by atoms with Crippen molar-refractivity contribution in [1.82, 2.24) is 29.2 Å². The van der Waals surface area contributed by atoms with Gasteiger partial charge >= 0.3 is 0 Å². The number of imidazole rings is 1. The number of aromatic nitrogens is 5. The maximum atomic E-state index is 4.48. The molecule has 0 bridgehead atoms. The molecule has 1 saturated heterocycles. The SMILES string of the molecule is CCn1ccnc1CN1CCCC(Cn2cncn2)C1. The summed E-state index contributed by atoms with van der Waals surface area (Å²) in [6.45, 7) is 7.37. The molecule has 1 atom stereocenters. The minimum Gasteiger partial charge on any atom is -0.334 e. The Hall–Kier alpha value is -1.69. The third-order valence-corrected chi connectivity index (χ3v) is 4.02. The predicted molar refractivity (Wildman–Crippen MR) is 75.9 cm³/mol. The molecule has 1 unspecified atom stereocenters. The van der Waals surface area contributed by atoms with Gasteiger partial charge < -0.3 is 4.57 Å². The van der Waals surface area contributed by atoms with Gasteiger partial charge in [-0.05, 0) is 32.2 Å². The van der Waals surface area contributed by atoms with E-state index in [1.165, 1.54) is 25.2 Å². The molecular formula is C14H22N6. The van der Waals surface area contributed by atoms with E-state index in [-0.39, 0.29) is 0 Å². The smallest absolute Gasteiger partial charge is 0.137 e. The Morgan fingerprint density at radius 1 is 1.40 bits per heavy atom. The summed E-state index contributed by atoms with van der Waals surface area (Å²) in [7, 11) is 0. The number of piperidine rings is 1. The molecule has 1 aliphatic heterocycles. The van der Waals surface area contributed by atoms with Gasteiger partial charge in [-0.15, -0.1) is 0 Å². The molecule has 0 N–H and O–H groups in total. The number of nitrogens with zero attached hydrogens (tertiary/aromatic N) is 6. The average Bonchev–Trinajstić information content (AvgIpc) is 3.10. The third-order valence-electron chi connectivity index (χ3n) is 4.02. The maximum absolute atomic E-state index is 4.48. The first-order valence-corrected chi connectivity index (χ1v) is 7.40. The fourth-order valence-corrected chi connectivity index (χ4v) is 3.02. The van der Waals surface area contributed by atoms with Gasteiger partial charge in [-0.25, -0.2) is 9.97 Å². The lowest BCUT2D eigenvalue weighted by atomic mass is 9.98. The van der Waals surface area contributed by atoms with Crippen molar-refractivity contribution in [2.45, 2.75) is 39.4 Å². The summed E-state index contributed by atoms with van der Waals surface area (Å²) in [5.74, 6) is 1.84. The van der Waals surface area contributed by atoms with E-state index in [1.807, 2.05) is 17.2 Å². The zero-order valence-electron chi connectivity index (χ0n) is 12.0. The highest BCUT2D eigenvalue weighted by atomic mass is 15.3. The highest BCUT2D eigenvalue weighted by molar-refractivity contribution is 4.93. The second kappa shape index (κ2) is 6.17. The minimum absolute atomic E-state index is 0.662. The van der Waals surface area contributed by atoms with E-state index in [9.17, 15) is 0 Å². The summed E-state index contributed by atoms with van der Waals surface area (Å²) in [6.07, 6.45) is 9.91. The Morgan fingerprint density at radius 3 is 3.15 bits per heavy atom. The van der Waals surface area contributed by atoms with Crippen LogP contribution in [0.5, 0.6) is 0 Å². The molecule has 0 radical (unpaired) electrons. The lowest BCUT2D eigenvalue weighted by Gasteiger charge is -2.32. The van der Waals surface area contributed by atoms with E-state index in [1.54, 1.807) is 6.33 Å². The van der Waals surface area contributed by atoms with E-state index in [4.69, 9.17) is 0 Å². The fourth-order valence-electron chi connectivity index (χ4n) is 3.02. The first kappa shape index (κ1) is 13.3. The van der Waals surface area contributed by atoms with Crippen molar-refractivity contribution in [3.63, 3.8) is 0 Å². The van der Waals surface area contributed by atoms with Gasteiger partial charge in [0.15, 0.2) is 0 Å². The van der Waals surface area contributed by atoms with E-state index in [2.05, 4.69) is 37.7 Å². The minimum atomic E-state index is 0.662. The van der Waals surface area contributed by atoms with Gasteiger partial charge in [-0.2, -0.15) is 5.10 Å². The molecule has 2 aromatic heterocycles. The lowest BCUT2D eigenvalue weighted by molar-refractivity contribution is 0.148. The van der Waals surface area contributed by atoms with Crippen LogP contribution in [-0.2, 0) is 19.6 Å². The number of likely N-dealkylation sites (tertiary alicyclic amines) is 1. The summed E-state index contributed by atoms with van der Waals surface area (Å²) in [5.41, 5.74) is 0. The number of hydrogen-bond donors (Lipinski definition) is 0. The van der Waals surface area contributed by atoms with Crippen molar-refractivity contribution in [1.29, 1.82) is 0 Å². The van der Waals surface area contributed by atoms with Crippen LogP contribution in [0.2, 0.25) is 0 Å². The molecule has 1 aliphatic rings. The van der Waals surface area contributed by atoms with Crippen LogP contribution in [-0.4, -0.2) is 42.3 Å².